The van der Waals surface area contributed by atoms with Crippen molar-refractivity contribution < 1.29 is 9.90 Å². The van der Waals surface area contributed by atoms with Crippen molar-refractivity contribution in [2.45, 2.75) is 26.2 Å². The average molecular weight is 435 g/mol. The Labute approximate surface area is 193 Å². The Morgan fingerprint density at radius 3 is 2.36 bits per heavy atom. The molecule has 4 aromatic rings. The number of hydrogen-bond acceptors (Lipinski definition) is 2. The molecular weight excluding hydrogens is 408 g/mol. The molecule has 1 aliphatic carbocycles. The largest absolute Gasteiger partial charge is 0.478 e. The lowest BCUT2D eigenvalue weighted by atomic mass is 9.73. The normalized spacial score (nSPS) is 14.9. The maximum absolute atomic E-state index is 10.9. The van der Waals surface area contributed by atoms with E-state index in [0.29, 0.717) is 5.92 Å². The molecule has 0 bridgehead atoms. The quantitative estimate of drug-likeness (QED) is 0.261. The molecule has 0 aliphatic heterocycles. The van der Waals surface area contributed by atoms with Crippen LogP contribution in [0, 0.1) is 12.8 Å². The third-order valence-electron chi connectivity index (χ3n) is 6.52. The maximum atomic E-state index is 10.9. The van der Waals surface area contributed by atoms with E-state index in [1.165, 1.54) is 47.6 Å². The zero-order valence-electron chi connectivity index (χ0n) is 18.6. The summed E-state index contributed by atoms with van der Waals surface area (Å²) in [5.41, 5.74) is 9.08. The smallest absolute Gasteiger partial charge is 0.328 e. The fourth-order valence-corrected chi connectivity index (χ4v) is 4.60. The molecule has 0 amide bonds. The van der Waals surface area contributed by atoms with E-state index in [1.54, 1.807) is 6.08 Å². The summed E-state index contributed by atoms with van der Waals surface area (Å²) in [6, 6.07) is 25.4. The molecule has 4 heteroatoms. The molecule has 2 N–H and O–H groups in total. The number of carbonyl (C=O) groups is 1. The molecule has 164 valence electrons. The van der Waals surface area contributed by atoms with Crippen molar-refractivity contribution in [2.75, 3.05) is 0 Å². The predicted octanol–water partition coefficient (Wildman–Crippen LogP) is 6.73. The van der Waals surface area contributed by atoms with Crippen LogP contribution in [0.3, 0.4) is 0 Å². The number of aromatic amines is 1. The van der Waals surface area contributed by atoms with Gasteiger partial charge in [-0.15, -0.1) is 0 Å². The lowest BCUT2D eigenvalue weighted by Crippen LogP contribution is -2.15. The molecule has 33 heavy (non-hydrogen) atoms. The molecule has 0 unspecified atom stereocenters. The number of nitrogens with one attached hydrogen (secondary N) is 1. The Balaban J connectivity index is 1.73. The number of rotatable bonds is 6. The van der Waals surface area contributed by atoms with Crippen LogP contribution < -0.4 is 0 Å². The highest BCUT2D eigenvalue weighted by Gasteiger charge is 2.27. The van der Waals surface area contributed by atoms with Gasteiger partial charge in [0, 0.05) is 17.2 Å². The average Bonchev–Trinajstić information content (AvgIpc) is 3.17. The second-order valence-corrected chi connectivity index (χ2v) is 8.66. The monoisotopic (exact) mass is 434 g/mol. The Kier molecular flexibility index (Phi) is 5.66. The van der Waals surface area contributed by atoms with Gasteiger partial charge >= 0.3 is 5.97 Å². The first-order valence-electron chi connectivity index (χ1n) is 11.4. The summed E-state index contributed by atoms with van der Waals surface area (Å²) in [6.45, 7) is 2.05. The number of fused-ring (bicyclic) bond motifs is 1. The van der Waals surface area contributed by atoms with Crippen LogP contribution in [-0.4, -0.2) is 21.3 Å². The lowest BCUT2D eigenvalue weighted by Gasteiger charge is -2.31. The molecule has 1 heterocycles. The third kappa shape index (κ3) is 4.24. The summed E-state index contributed by atoms with van der Waals surface area (Å²) >= 11 is 0. The van der Waals surface area contributed by atoms with E-state index in [1.807, 2.05) is 12.1 Å². The van der Waals surface area contributed by atoms with Crippen molar-refractivity contribution in [3.8, 4) is 0 Å². The number of nitrogens with zero attached hydrogens (tertiary/aromatic N) is 1. The number of aromatic nitrogens is 2. The van der Waals surface area contributed by atoms with E-state index >= 15 is 0 Å². The van der Waals surface area contributed by atoms with E-state index in [9.17, 15) is 4.79 Å². The zero-order chi connectivity index (χ0) is 22.8. The summed E-state index contributed by atoms with van der Waals surface area (Å²) < 4.78 is 0. The van der Waals surface area contributed by atoms with Crippen LogP contribution in [0.25, 0.3) is 28.1 Å². The molecule has 3 aromatic carbocycles. The SMILES string of the molecule is Cc1[nH]nc2ccc(/C(=C(/c3ccccc3)C3CCC3)c3ccc(/C=C/C(=O)O)cc3)cc12. The summed E-state index contributed by atoms with van der Waals surface area (Å²) in [5.74, 6) is -0.421. The van der Waals surface area contributed by atoms with Crippen LogP contribution >= 0.6 is 0 Å². The highest BCUT2D eigenvalue weighted by molar-refractivity contribution is 6.01. The topological polar surface area (TPSA) is 66.0 Å². The van der Waals surface area contributed by atoms with Crippen LogP contribution in [0.15, 0.2) is 78.9 Å². The molecule has 0 atom stereocenters. The number of aliphatic carboxylic acids is 1. The highest BCUT2D eigenvalue weighted by Crippen LogP contribution is 2.45. The van der Waals surface area contributed by atoms with Gasteiger partial charge in [0.25, 0.3) is 0 Å². The highest BCUT2D eigenvalue weighted by atomic mass is 16.4. The maximum Gasteiger partial charge on any atom is 0.328 e. The molecule has 4 nitrogen and oxygen atoms in total. The molecule has 5 rings (SSSR count). The number of H-pyrrole nitrogens is 1. The molecule has 0 radical (unpaired) electrons. The first-order valence-corrected chi connectivity index (χ1v) is 11.4. The number of allylic oxidation sites excluding steroid dienone is 1. The molecule has 1 saturated carbocycles. The fraction of sp³-hybridized carbons (Fsp3) is 0.172. The van der Waals surface area contributed by atoms with Gasteiger partial charge in [0.15, 0.2) is 0 Å². The Morgan fingerprint density at radius 1 is 0.970 bits per heavy atom. The van der Waals surface area contributed by atoms with Gasteiger partial charge in [-0.05, 0) is 77.3 Å². The van der Waals surface area contributed by atoms with Crippen molar-refractivity contribution in [2.24, 2.45) is 5.92 Å². The molecule has 1 aromatic heterocycles. The van der Waals surface area contributed by atoms with Gasteiger partial charge in [0.05, 0.1) is 5.52 Å². The first kappa shape index (κ1) is 21.0. The van der Waals surface area contributed by atoms with Crippen molar-refractivity contribution in [3.05, 3.63) is 107 Å². The minimum absolute atomic E-state index is 0.523. The Hall–Kier alpha value is -3.92. The Morgan fingerprint density at radius 2 is 1.70 bits per heavy atom. The van der Waals surface area contributed by atoms with Gasteiger partial charge < -0.3 is 5.11 Å². The Bertz CT molecular complexity index is 1360. The van der Waals surface area contributed by atoms with E-state index in [-0.39, 0.29) is 0 Å². The van der Waals surface area contributed by atoms with Crippen molar-refractivity contribution in [1.82, 2.24) is 10.2 Å². The van der Waals surface area contributed by atoms with E-state index < -0.39 is 5.97 Å². The standard InChI is InChI=1S/C29H26N2O2/c1-19-25-18-24(15-16-26(25)31-30-19)29(23-13-10-20(11-14-23)12-17-27(32)33)28(22-8-5-9-22)21-6-3-2-4-7-21/h2-4,6-7,10-18,22H,5,8-9H2,1H3,(H,30,31)(H,32,33)/b17-12+,29-28-. The molecule has 1 fully saturated rings. The van der Waals surface area contributed by atoms with Gasteiger partial charge in [-0.25, -0.2) is 4.79 Å². The number of hydrogen-bond donors (Lipinski definition) is 2. The van der Waals surface area contributed by atoms with Gasteiger partial charge in [0.1, 0.15) is 0 Å². The number of carboxylic acids is 1. The second-order valence-electron chi connectivity index (χ2n) is 8.66. The molecule has 0 saturated heterocycles. The number of aryl methyl sites for hydroxylation is 1. The van der Waals surface area contributed by atoms with Crippen LogP contribution in [0.4, 0.5) is 0 Å². The van der Waals surface area contributed by atoms with Crippen LogP contribution in [0.2, 0.25) is 0 Å². The number of benzene rings is 3. The predicted molar refractivity (Wildman–Crippen MR) is 134 cm³/mol. The second kappa shape index (κ2) is 8.91. The van der Waals surface area contributed by atoms with E-state index in [4.69, 9.17) is 5.11 Å². The van der Waals surface area contributed by atoms with Crippen molar-refractivity contribution >= 4 is 34.1 Å². The van der Waals surface area contributed by atoms with Crippen molar-refractivity contribution in [3.63, 3.8) is 0 Å². The van der Waals surface area contributed by atoms with Gasteiger partial charge in [-0.2, -0.15) is 5.10 Å². The first-order chi connectivity index (χ1) is 16.1. The molecule has 0 spiro atoms. The van der Waals surface area contributed by atoms with Crippen LogP contribution in [-0.2, 0) is 4.79 Å². The van der Waals surface area contributed by atoms with Crippen LogP contribution in [0.5, 0.6) is 0 Å². The minimum atomic E-state index is -0.945. The summed E-state index contributed by atoms with van der Waals surface area (Å²) in [4.78, 5) is 10.9. The van der Waals surface area contributed by atoms with E-state index in [2.05, 4.69) is 77.8 Å². The summed E-state index contributed by atoms with van der Waals surface area (Å²) in [5, 5.41) is 17.6. The van der Waals surface area contributed by atoms with Gasteiger partial charge in [-0.1, -0.05) is 67.1 Å². The van der Waals surface area contributed by atoms with Crippen molar-refractivity contribution in [1.29, 1.82) is 0 Å². The third-order valence-corrected chi connectivity index (χ3v) is 6.52. The number of carboxylic acid groups (broad SMARTS) is 1. The molecular formula is C29H26N2O2. The van der Waals surface area contributed by atoms with Gasteiger partial charge in [0.2, 0.25) is 0 Å². The molecule has 1 aliphatic rings. The fourth-order valence-electron chi connectivity index (χ4n) is 4.60. The van der Waals surface area contributed by atoms with Crippen LogP contribution in [0.1, 0.15) is 47.2 Å². The zero-order valence-corrected chi connectivity index (χ0v) is 18.6. The van der Waals surface area contributed by atoms with Gasteiger partial charge in [-0.3, -0.25) is 5.10 Å². The lowest BCUT2D eigenvalue weighted by molar-refractivity contribution is -0.131. The van der Waals surface area contributed by atoms with E-state index in [0.717, 1.165) is 27.7 Å². The minimum Gasteiger partial charge on any atom is -0.478 e. The summed E-state index contributed by atoms with van der Waals surface area (Å²) in [7, 11) is 0. The summed E-state index contributed by atoms with van der Waals surface area (Å²) in [6.07, 6.45) is 6.44.